The maximum absolute atomic E-state index is 10.4. The Morgan fingerprint density at radius 1 is 0.696 bits per heavy atom. The molecule has 2 aliphatic rings. The average molecular weight is 356 g/mol. The second-order valence-electron chi connectivity index (χ2n) is 3.85. The third kappa shape index (κ3) is 3.65. The van der Waals surface area contributed by atoms with Crippen molar-refractivity contribution in [3.63, 3.8) is 0 Å². The van der Waals surface area contributed by atoms with Crippen LogP contribution in [0.4, 0.5) is 0 Å². The molecule has 0 aromatic rings. The predicted molar refractivity (Wildman–Crippen MR) is 68.6 cm³/mol. The van der Waals surface area contributed by atoms with Crippen LogP contribution in [-0.2, 0) is 14.2 Å². The summed E-state index contributed by atoms with van der Waals surface area (Å²) in [5.74, 6) is 0. The topological polar surface area (TPSA) is 190 Å². The normalized spacial score (nSPS) is 93.7. The molecule has 8 N–H and O–H groups in total. The van der Waals surface area contributed by atoms with Gasteiger partial charge in [-0.1, -0.05) is 0 Å². The van der Waals surface area contributed by atoms with Gasteiger partial charge in [0.2, 0.25) is 0 Å². The van der Waals surface area contributed by atoms with Crippen molar-refractivity contribution in [2.75, 3.05) is 13.1 Å². The van der Waals surface area contributed by atoms with Crippen molar-refractivity contribution >= 4 is 0 Å². The summed E-state index contributed by atoms with van der Waals surface area (Å²) in [6, 6.07) is 0. The smallest absolute Gasteiger partial charge is 0.189 e. The molecular formula is C12H22O11. The molecule has 2 fully saturated rings. The molecule has 0 spiro atoms. The van der Waals surface area contributed by atoms with Crippen LogP contribution in [0, 0.1) is 0 Å². The van der Waals surface area contributed by atoms with Crippen molar-refractivity contribution in [3.8, 4) is 0 Å². The fraction of sp³-hybridized carbons (Fsp3) is 1.00. The third-order valence-corrected chi connectivity index (χ3v) is 2.49. The number of rotatable bonds is 4. The molecule has 11 nitrogen and oxygen atoms in total. The molecule has 2 rings (SSSR count). The molecule has 136 valence electrons. The van der Waals surface area contributed by atoms with Crippen molar-refractivity contribution in [3.05, 3.63) is 0 Å². The van der Waals surface area contributed by atoms with Gasteiger partial charge in [-0.3, -0.25) is 0 Å². The Kier molecular flexibility index (Phi) is 2.47. The SMILES string of the molecule is [2H]C([2H])(O)[C@@]1([2H])O[C@]([2H])(O[C@@]2([2H])O[C@]([2H])(C([2H])([2H])O)[C@@]([2H])(O)[C@]([2H])(O)[C@@]2([2H])O)[C@]([2H])(O)[C@@]([2H])(O)[C@]1([2H])O. The van der Waals surface area contributed by atoms with E-state index in [1.54, 1.807) is 0 Å². The van der Waals surface area contributed by atoms with Crippen LogP contribution in [0.15, 0.2) is 0 Å². The van der Waals surface area contributed by atoms with Crippen molar-refractivity contribution < 1.29 is 74.3 Å². The number of ether oxygens (including phenoxy) is 3. The molecule has 0 radical (unpaired) electrons. The maximum atomic E-state index is 10.4. The standard InChI is InChI=1S/C12H22O11/c13-1-3-5(15)7(17)9(19)11(21-3)23-12-10(20)8(18)6(16)4(2-14)22-12/h3-20H,1-2H2/t3-,4-,5-,6-,7+,8+,9-,10-,11-,12-/m1/s1/i1D2,2D2,3D,4D,5D,6D,7D,8D,9D,10D,11D,12D. The van der Waals surface area contributed by atoms with E-state index in [9.17, 15) is 40.9 Å². The van der Waals surface area contributed by atoms with Gasteiger partial charge in [-0.05, 0) is 0 Å². The van der Waals surface area contributed by atoms with Crippen LogP contribution in [0.5, 0.6) is 0 Å². The maximum Gasteiger partial charge on any atom is 0.189 e. The zero-order valence-electron chi connectivity index (χ0n) is 24.8. The van der Waals surface area contributed by atoms with Gasteiger partial charge in [0.25, 0.3) is 0 Å². The zero-order chi connectivity index (χ0) is 30.1. The predicted octanol–water partition coefficient (Wildman–Crippen LogP) is -5.40. The van der Waals surface area contributed by atoms with E-state index < -0.39 is 74.3 Å². The zero-order valence-corrected chi connectivity index (χ0v) is 10.8. The van der Waals surface area contributed by atoms with Crippen molar-refractivity contribution in [2.24, 2.45) is 0 Å². The van der Waals surface area contributed by atoms with Crippen molar-refractivity contribution in [1.29, 1.82) is 0 Å². The van der Waals surface area contributed by atoms with E-state index in [1.807, 2.05) is 0 Å². The van der Waals surface area contributed by atoms with E-state index >= 15 is 0 Å². The average Bonchev–Trinajstić information content (AvgIpc) is 2.62. The summed E-state index contributed by atoms with van der Waals surface area (Å²) in [5.41, 5.74) is 0. The van der Waals surface area contributed by atoms with E-state index in [-0.39, 0.29) is 0 Å². The number of hydrogen-bond donors (Lipinski definition) is 8. The highest BCUT2D eigenvalue weighted by atomic mass is 16.8. The Bertz CT molecular complexity index is 876. The lowest BCUT2D eigenvalue weighted by Crippen LogP contribution is -2.63. The second-order valence-corrected chi connectivity index (χ2v) is 3.85. The molecule has 0 aliphatic carbocycles. The molecular weight excluding hydrogens is 320 g/mol. The summed E-state index contributed by atoms with van der Waals surface area (Å²) < 4.78 is 119. The minimum Gasteiger partial charge on any atom is -0.394 e. The highest BCUT2D eigenvalue weighted by Gasteiger charge is 2.49. The summed E-state index contributed by atoms with van der Waals surface area (Å²) in [4.78, 5) is 0. The molecule has 0 unspecified atom stereocenters. The fourth-order valence-electron chi connectivity index (χ4n) is 1.39. The highest BCUT2D eigenvalue weighted by molar-refractivity contribution is 4.92. The summed E-state index contributed by atoms with van der Waals surface area (Å²) in [7, 11) is 0. The number of aliphatic hydroxyl groups is 8. The minimum absolute atomic E-state index is 4.19. The first kappa shape index (κ1) is 7.43. The van der Waals surface area contributed by atoms with Gasteiger partial charge in [0.15, 0.2) is 12.5 Å². The molecule has 2 saturated heterocycles. The van der Waals surface area contributed by atoms with Crippen molar-refractivity contribution in [1.82, 2.24) is 0 Å². The van der Waals surface area contributed by atoms with Crippen LogP contribution < -0.4 is 0 Å². The molecule has 0 saturated carbocycles. The Balaban J connectivity index is 2.89. The van der Waals surface area contributed by atoms with Crippen molar-refractivity contribution in [2.45, 2.75) is 61.2 Å². The van der Waals surface area contributed by atoms with Gasteiger partial charge >= 0.3 is 0 Å². The van der Waals surface area contributed by atoms with E-state index in [1.165, 1.54) is 0 Å². The van der Waals surface area contributed by atoms with Crippen LogP contribution in [0.2, 0.25) is 0 Å². The summed E-state index contributed by atoms with van der Waals surface area (Å²) in [5, 5.41) is 80.8. The summed E-state index contributed by atoms with van der Waals surface area (Å²) >= 11 is 0. The van der Waals surface area contributed by atoms with Gasteiger partial charge in [0.05, 0.1) is 32.3 Å². The Hall–Kier alpha value is -0.440. The van der Waals surface area contributed by atoms with E-state index in [0.717, 1.165) is 0 Å². The largest absolute Gasteiger partial charge is 0.394 e. The van der Waals surface area contributed by atoms with Crippen LogP contribution in [0.3, 0.4) is 0 Å². The molecule has 2 aliphatic heterocycles. The van der Waals surface area contributed by atoms with Gasteiger partial charge in [0.1, 0.15) is 48.6 Å². The summed E-state index contributed by atoms with van der Waals surface area (Å²) in [6.45, 7) is -8.88. The second kappa shape index (κ2) is 7.63. The first-order valence-corrected chi connectivity index (χ1v) is 5.51. The molecule has 23 heavy (non-hydrogen) atoms. The Morgan fingerprint density at radius 3 is 1.35 bits per heavy atom. The quantitative estimate of drug-likeness (QED) is 0.240. The lowest BCUT2D eigenvalue weighted by atomic mass is 9.98. The fourth-order valence-corrected chi connectivity index (χ4v) is 1.39. The van der Waals surface area contributed by atoms with Gasteiger partial charge in [0, 0.05) is 0 Å². The highest BCUT2D eigenvalue weighted by Crippen LogP contribution is 2.27. The molecule has 0 amide bonds. The minimum atomic E-state index is -4.83. The van der Waals surface area contributed by atoms with Gasteiger partial charge in [-0.15, -0.1) is 0 Å². The first-order valence-electron chi connectivity index (χ1n) is 12.5. The summed E-state index contributed by atoms with van der Waals surface area (Å²) in [6.07, 6.45) is -47.3. The Labute approximate surface area is 150 Å². The van der Waals surface area contributed by atoms with Crippen LogP contribution in [-0.4, -0.2) is 115 Å². The third-order valence-electron chi connectivity index (χ3n) is 2.49. The number of hydrogen-bond acceptors (Lipinski definition) is 11. The molecule has 2 heterocycles. The van der Waals surface area contributed by atoms with E-state index in [0.29, 0.717) is 0 Å². The van der Waals surface area contributed by atoms with Crippen LogP contribution in [0.1, 0.15) is 19.2 Å². The van der Waals surface area contributed by atoms with Gasteiger partial charge < -0.3 is 55.1 Å². The van der Waals surface area contributed by atoms with Gasteiger partial charge in [-0.25, -0.2) is 0 Å². The monoisotopic (exact) mass is 356 g/mol. The molecule has 0 aromatic carbocycles. The van der Waals surface area contributed by atoms with Crippen LogP contribution >= 0.6 is 0 Å². The molecule has 11 heteroatoms. The molecule has 0 bridgehead atoms. The first-order chi connectivity index (χ1) is 15.6. The van der Waals surface area contributed by atoms with E-state index in [2.05, 4.69) is 14.2 Å². The van der Waals surface area contributed by atoms with Crippen LogP contribution in [0.25, 0.3) is 0 Å². The lowest BCUT2D eigenvalue weighted by molar-refractivity contribution is -0.376. The molecule has 0 aromatic heterocycles. The molecule has 10 atom stereocenters. The lowest BCUT2D eigenvalue weighted by Gasteiger charge is -2.44. The van der Waals surface area contributed by atoms with Gasteiger partial charge in [-0.2, -0.15) is 0 Å². The van der Waals surface area contributed by atoms with E-state index in [4.69, 9.17) is 19.2 Å². The Morgan fingerprint density at radius 2 is 1.04 bits per heavy atom.